The summed E-state index contributed by atoms with van der Waals surface area (Å²) in [5.74, 6) is -0.194. The summed E-state index contributed by atoms with van der Waals surface area (Å²) in [6, 6.07) is 7.81. The highest BCUT2D eigenvalue weighted by Gasteiger charge is 2.25. The topological polar surface area (TPSA) is 35.5 Å². The number of carbonyl (C=O) groups excluding carboxylic acids is 1. The van der Waals surface area contributed by atoms with Gasteiger partial charge >= 0.3 is 5.97 Å². The van der Waals surface area contributed by atoms with Crippen LogP contribution in [-0.2, 0) is 4.74 Å². The van der Waals surface area contributed by atoms with Crippen molar-refractivity contribution in [3.05, 3.63) is 51.7 Å². The summed E-state index contributed by atoms with van der Waals surface area (Å²) in [6.45, 7) is 4.09. The second kappa shape index (κ2) is 7.13. The van der Waals surface area contributed by atoms with Gasteiger partial charge in [-0.3, -0.25) is 0 Å². The largest absolute Gasteiger partial charge is 0.496 e. The van der Waals surface area contributed by atoms with Gasteiger partial charge in [0.25, 0.3) is 0 Å². The van der Waals surface area contributed by atoms with Crippen LogP contribution in [0.3, 0.4) is 0 Å². The standard InChI is InChI=1S/C18H18BrFO3/c1-10(2)13-9-14(22-3)16(18(21)23-4)15(17(13)19)11-5-7-12(20)8-6-11/h5-10H,1-4H3. The van der Waals surface area contributed by atoms with Gasteiger partial charge in [0.05, 0.1) is 14.2 Å². The molecule has 0 aliphatic rings. The third-order valence-electron chi connectivity index (χ3n) is 3.62. The van der Waals surface area contributed by atoms with Gasteiger partial charge in [-0.2, -0.15) is 0 Å². The number of carbonyl (C=O) groups is 1. The number of rotatable bonds is 4. The summed E-state index contributed by atoms with van der Waals surface area (Å²) >= 11 is 3.59. The summed E-state index contributed by atoms with van der Waals surface area (Å²) in [6.07, 6.45) is 0. The van der Waals surface area contributed by atoms with Crippen LogP contribution in [0.15, 0.2) is 34.8 Å². The lowest BCUT2D eigenvalue weighted by atomic mass is 9.92. The van der Waals surface area contributed by atoms with E-state index in [2.05, 4.69) is 15.9 Å². The maximum atomic E-state index is 13.3. The Hall–Kier alpha value is -1.88. The highest BCUT2D eigenvalue weighted by molar-refractivity contribution is 9.10. The van der Waals surface area contributed by atoms with Gasteiger partial charge in [0.2, 0.25) is 0 Å². The smallest absolute Gasteiger partial charge is 0.342 e. The molecular weight excluding hydrogens is 363 g/mol. The Kier molecular flexibility index (Phi) is 5.42. The summed E-state index contributed by atoms with van der Waals surface area (Å²) in [5, 5.41) is 0. The molecule has 2 rings (SSSR count). The molecule has 0 heterocycles. The number of hydrogen-bond acceptors (Lipinski definition) is 3. The molecule has 5 heteroatoms. The van der Waals surface area contributed by atoms with Crippen molar-refractivity contribution in [1.82, 2.24) is 0 Å². The van der Waals surface area contributed by atoms with Gasteiger partial charge in [-0.05, 0) is 51.2 Å². The molecule has 0 aliphatic heterocycles. The van der Waals surface area contributed by atoms with Crippen molar-refractivity contribution in [2.24, 2.45) is 0 Å². The highest BCUT2D eigenvalue weighted by atomic mass is 79.9. The zero-order valence-corrected chi connectivity index (χ0v) is 15.0. The van der Waals surface area contributed by atoms with Crippen molar-refractivity contribution in [3.8, 4) is 16.9 Å². The van der Waals surface area contributed by atoms with E-state index < -0.39 is 5.97 Å². The Morgan fingerprint density at radius 1 is 1.17 bits per heavy atom. The van der Waals surface area contributed by atoms with Crippen LogP contribution in [0.25, 0.3) is 11.1 Å². The highest BCUT2D eigenvalue weighted by Crippen LogP contribution is 2.42. The molecule has 2 aromatic rings. The van der Waals surface area contributed by atoms with Crippen LogP contribution in [0.5, 0.6) is 5.75 Å². The molecule has 0 radical (unpaired) electrons. The van der Waals surface area contributed by atoms with Crippen LogP contribution in [0.1, 0.15) is 35.7 Å². The van der Waals surface area contributed by atoms with E-state index in [1.807, 2.05) is 19.9 Å². The first kappa shape index (κ1) is 17.5. The number of esters is 1. The maximum absolute atomic E-state index is 13.3. The second-order valence-corrected chi connectivity index (χ2v) is 6.18. The van der Waals surface area contributed by atoms with Crippen LogP contribution in [0.4, 0.5) is 4.39 Å². The molecule has 3 nitrogen and oxygen atoms in total. The first-order chi connectivity index (χ1) is 10.9. The quantitative estimate of drug-likeness (QED) is 0.686. The lowest BCUT2D eigenvalue weighted by Crippen LogP contribution is -2.09. The Labute approximate surface area is 143 Å². The molecule has 0 aliphatic carbocycles. The molecule has 0 unspecified atom stereocenters. The van der Waals surface area contributed by atoms with Crippen molar-refractivity contribution in [2.45, 2.75) is 19.8 Å². The number of halogens is 2. The van der Waals surface area contributed by atoms with Gasteiger partial charge in [-0.1, -0.05) is 26.0 Å². The molecule has 0 amide bonds. The van der Waals surface area contributed by atoms with Gasteiger partial charge in [0, 0.05) is 10.0 Å². The van der Waals surface area contributed by atoms with Gasteiger partial charge in [0.1, 0.15) is 17.1 Å². The number of benzene rings is 2. The van der Waals surface area contributed by atoms with Crippen LogP contribution < -0.4 is 4.74 Å². The molecule has 2 aromatic carbocycles. The van der Waals surface area contributed by atoms with Gasteiger partial charge in [0.15, 0.2) is 0 Å². The van der Waals surface area contributed by atoms with Crippen molar-refractivity contribution >= 4 is 21.9 Å². The lowest BCUT2D eigenvalue weighted by Gasteiger charge is -2.19. The Morgan fingerprint density at radius 2 is 1.78 bits per heavy atom. The molecule has 23 heavy (non-hydrogen) atoms. The van der Waals surface area contributed by atoms with E-state index >= 15 is 0 Å². The third kappa shape index (κ3) is 3.39. The molecule has 0 spiro atoms. The number of ether oxygens (including phenoxy) is 2. The van der Waals surface area contributed by atoms with E-state index in [1.165, 1.54) is 26.4 Å². The summed E-state index contributed by atoms with van der Waals surface area (Å²) in [7, 11) is 2.83. The molecule has 122 valence electrons. The minimum Gasteiger partial charge on any atom is -0.496 e. The molecule has 0 fully saturated rings. The zero-order valence-electron chi connectivity index (χ0n) is 13.4. The fourth-order valence-electron chi connectivity index (χ4n) is 2.43. The van der Waals surface area contributed by atoms with Crippen LogP contribution in [0, 0.1) is 5.82 Å². The minimum atomic E-state index is -0.503. The number of methoxy groups -OCH3 is 2. The number of hydrogen-bond donors (Lipinski definition) is 0. The monoisotopic (exact) mass is 380 g/mol. The summed E-state index contributed by atoms with van der Waals surface area (Å²) in [4.78, 5) is 12.3. The van der Waals surface area contributed by atoms with E-state index in [4.69, 9.17) is 9.47 Å². The Balaban J connectivity index is 2.86. The van der Waals surface area contributed by atoms with Crippen molar-refractivity contribution in [3.63, 3.8) is 0 Å². The van der Waals surface area contributed by atoms with E-state index in [1.54, 1.807) is 12.1 Å². The first-order valence-electron chi connectivity index (χ1n) is 7.15. The molecule has 0 saturated heterocycles. The molecule has 0 aromatic heterocycles. The first-order valence-corrected chi connectivity index (χ1v) is 7.94. The predicted octanol–water partition coefficient (Wildman–Crippen LogP) is 5.17. The second-order valence-electron chi connectivity index (χ2n) is 5.39. The fourth-order valence-corrected chi connectivity index (χ4v) is 3.43. The van der Waals surface area contributed by atoms with E-state index in [0.717, 1.165) is 10.0 Å². The van der Waals surface area contributed by atoms with Gasteiger partial charge < -0.3 is 9.47 Å². The molecule has 0 atom stereocenters. The summed E-state index contributed by atoms with van der Waals surface area (Å²) < 4.78 is 24.3. The van der Waals surface area contributed by atoms with Crippen LogP contribution in [0.2, 0.25) is 0 Å². The molecule has 0 saturated carbocycles. The average Bonchev–Trinajstić information content (AvgIpc) is 2.54. The van der Waals surface area contributed by atoms with Crippen molar-refractivity contribution in [1.29, 1.82) is 0 Å². The molecule has 0 N–H and O–H groups in total. The average molecular weight is 381 g/mol. The van der Waals surface area contributed by atoms with Gasteiger partial charge in [-0.15, -0.1) is 0 Å². The Bertz CT molecular complexity index is 724. The van der Waals surface area contributed by atoms with Gasteiger partial charge in [-0.25, -0.2) is 9.18 Å². The summed E-state index contributed by atoms with van der Waals surface area (Å²) in [5.41, 5.74) is 2.66. The molecular formula is C18H18BrFO3. The van der Waals surface area contributed by atoms with Crippen LogP contribution in [-0.4, -0.2) is 20.2 Å². The third-order valence-corrected chi connectivity index (χ3v) is 4.47. The van der Waals surface area contributed by atoms with E-state index in [9.17, 15) is 9.18 Å². The maximum Gasteiger partial charge on any atom is 0.342 e. The minimum absolute atomic E-state index is 0.212. The van der Waals surface area contributed by atoms with E-state index in [0.29, 0.717) is 22.4 Å². The normalized spacial score (nSPS) is 10.7. The Morgan fingerprint density at radius 3 is 2.26 bits per heavy atom. The van der Waals surface area contributed by atoms with E-state index in [-0.39, 0.29) is 11.7 Å². The fraction of sp³-hybridized carbons (Fsp3) is 0.278. The lowest BCUT2D eigenvalue weighted by molar-refractivity contribution is 0.0598. The van der Waals surface area contributed by atoms with Crippen molar-refractivity contribution in [2.75, 3.05) is 14.2 Å². The zero-order chi connectivity index (χ0) is 17.1. The predicted molar refractivity (Wildman–Crippen MR) is 91.5 cm³/mol. The SMILES string of the molecule is COC(=O)c1c(OC)cc(C(C)C)c(Br)c1-c1ccc(F)cc1. The van der Waals surface area contributed by atoms with Crippen LogP contribution >= 0.6 is 15.9 Å². The molecule has 0 bridgehead atoms. The van der Waals surface area contributed by atoms with Crippen molar-refractivity contribution < 1.29 is 18.7 Å².